The maximum atomic E-state index is 11.6. The fourth-order valence-corrected chi connectivity index (χ4v) is 3.48. The van der Waals surface area contributed by atoms with Crippen molar-refractivity contribution in [3.05, 3.63) is 11.8 Å². The van der Waals surface area contributed by atoms with Crippen LogP contribution in [0.3, 0.4) is 0 Å². The summed E-state index contributed by atoms with van der Waals surface area (Å²) >= 11 is 6.28. The van der Waals surface area contributed by atoms with Gasteiger partial charge in [0.25, 0.3) is 0 Å². The van der Waals surface area contributed by atoms with Crippen molar-refractivity contribution in [2.75, 3.05) is 13.7 Å². The molecule has 5 atom stereocenters. The van der Waals surface area contributed by atoms with E-state index < -0.39 is 0 Å². The molecule has 1 saturated carbocycles. The van der Waals surface area contributed by atoms with Crippen LogP contribution in [-0.2, 0) is 19.0 Å². The second-order valence-corrected chi connectivity index (χ2v) is 5.06. The Kier molecular flexibility index (Phi) is 2.37. The van der Waals surface area contributed by atoms with Crippen molar-refractivity contribution in [2.45, 2.75) is 18.1 Å². The van der Waals surface area contributed by atoms with Crippen LogP contribution < -0.4 is 0 Å². The number of rotatable bonds is 1. The highest BCUT2D eigenvalue weighted by atomic mass is 35.5. The standard InChI is InChI=1S/C11H13ClO4/c1-14-10(13)6-3-15-11-9-5(6)2-8(12)7(9)4-16-11/h3,5,7-9,11H,2,4H2,1H3/t5-,7-,8-,9+,11-/m1/s1. The second-order valence-electron chi connectivity index (χ2n) is 4.50. The van der Waals surface area contributed by atoms with Crippen LogP contribution in [-0.4, -0.2) is 31.4 Å². The summed E-state index contributed by atoms with van der Waals surface area (Å²) in [4.78, 5) is 11.6. The first kappa shape index (κ1) is 10.4. The molecule has 2 fully saturated rings. The fourth-order valence-electron chi connectivity index (χ4n) is 3.05. The predicted octanol–water partition coefficient (Wildman–Crippen LogP) is 1.29. The first-order chi connectivity index (χ1) is 7.72. The minimum atomic E-state index is -0.320. The van der Waals surface area contributed by atoms with Gasteiger partial charge in [-0.1, -0.05) is 0 Å². The molecule has 3 aliphatic rings. The quantitative estimate of drug-likeness (QED) is 0.515. The lowest BCUT2D eigenvalue weighted by Crippen LogP contribution is -2.32. The average Bonchev–Trinajstić information content (AvgIpc) is 2.85. The lowest BCUT2D eigenvalue weighted by atomic mass is 9.85. The Morgan fingerprint density at radius 3 is 3.19 bits per heavy atom. The molecule has 0 bridgehead atoms. The van der Waals surface area contributed by atoms with E-state index in [-0.39, 0.29) is 29.5 Å². The van der Waals surface area contributed by atoms with Gasteiger partial charge < -0.3 is 14.2 Å². The molecule has 0 spiro atoms. The number of carbonyl (C=O) groups excluding carboxylic acids is 1. The summed E-state index contributed by atoms with van der Waals surface area (Å²) in [5.74, 6) is 0.313. The molecule has 0 N–H and O–H groups in total. The van der Waals surface area contributed by atoms with Gasteiger partial charge in [0.1, 0.15) is 0 Å². The molecule has 0 aromatic heterocycles. The van der Waals surface area contributed by atoms with Crippen molar-refractivity contribution in [1.82, 2.24) is 0 Å². The van der Waals surface area contributed by atoms with E-state index in [0.29, 0.717) is 18.1 Å². The van der Waals surface area contributed by atoms with Gasteiger partial charge in [-0.2, -0.15) is 0 Å². The molecule has 0 radical (unpaired) electrons. The minimum Gasteiger partial charge on any atom is -0.472 e. The number of hydrogen-bond acceptors (Lipinski definition) is 4. The molecule has 88 valence electrons. The predicted molar refractivity (Wildman–Crippen MR) is 55.7 cm³/mol. The van der Waals surface area contributed by atoms with Crippen molar-refractivity contribution in [1.29, 1.82) is 0 Å². The normalized spacial score (nSPS) is 44.6. The van der Waals surface area contributed by atoms with Gasteiger partial charge >= 0.3 is 5.97 Å². The molecule has 16 heavy (non-hydrogen) atoms. The topological polar surface area (TPSA) is 44.8 Å². The number of hydrogen-bond donors (Lipinski definition) is 0. The van der Waals surface area contributed by atoms with Crippen LogP contribution in [0.2, 0.25) is 0 Å². The van der Waals surface area contributed by atoms with Crippen molar-refractivity contribution in [2.24, 2.45) is 17.8 Å². The molecule has 0 aromatic rings. The average molecular weight is 245 g/mol. The molecule has 4 nitrogen and oxygen atoms in total. The Labute approximate surface area is 98.5 Å². The molecule has 2 aliphatic heterocycles. The Bertz CT molecular complexity index is 354. The summed E-state index contributed by atoms with van der Waals surface area (Å²) in [5.41, 5.74) is 0.599. The third-order valence-corrected chi connectivity index (χ3v) is 4.32. The summed E-state index contributed by atoms with van der Waals surface area (Å²) in [6, 6.07) is 0. The zero-order valence-electron chi connectivity index (χ0n) is 8.89. The highest BCUT2D eigenvalue weighted by Gasteiger charge is 2.55. The van der Waals surface area contributed by atoms with Gasteiger partial charge in [-0.25, -0.2) is 4.79 Å². The van der Waals surface area contributed by atoms with E-state index in [1.165, 1.54) is 13.4 Å². The molecular weight excluding hydrogens is 232 g/mol. The van der Waals surface area contributed by atoms with Crippen LogP contribution in [0.4, 0.5) is 0 Å². The molecular formula is C11H13ClO4. The summed E-state index contributed by atoms with van der Waals surface area (Å²) in [7, 11) is 1.38. The van der Waals surface area contributed by atoms with Gasteiger partial charge in [0, 0.05) is 23.1 Å². The number of alkyl halides is 1. The smallest absolute Gasteiger partial charge is 0.337 e. The number of esters is 1. The molecule has 0 amide bonds. The van der Waals surface area contributed by atoms with E-state index in [1.54, 1.807) is 0 Å². The Balaban J connectivity index is 1.92. The molecule has 3 rings (SSSR count). The van der Waals surface area contributed by atoms with E-state index >= 15 is 0 Å². The molecule has 5 heteroatoms. The molecule has 2 heterocycles. The van der Waals surface area contributed by atoms with Crippen molar-refractivity contribution < 1.29 is 19.0 Å². The van der Waals surface area contributed by atoms with Gasteiger partial charge in [-0.15, -0.1) is 11.6 Å². The van der Waals surface area contributed by atoms with Crippen LogP contribution >= 0.6 is 11.6 Å². The van der Waals surface area contributed by atoms with Crippen LogP contribution in [0.15, 0.2) is 11.8 Å². The van der Waals surface area contributed by atoms with Crippen LogP contribution in [0, 0.1) is 17.8 Å². The largest absolute Gasteiger partial charge is 0.472 e. The first-order valence-corrected chi connectivity index (χ1v) is 5.85. The number of halogens is 1. The summed E-state index contributed by atoms with van der Waals surface area (Å²) in [6.07, 6.45) is 2.06. The molecule has 1 saturated heterocycles. The Morgan fingerprint density at radius 2 is 2.44 bits per heavy atom. The van der Waals surface area contributed by atoms with E-state index in [2.05, 4.69) is 0 Å². The van der Waals surface area contributed by atoms with E-state index in [0.717, 1.165) is 6.42 Å². The Morgan fingerprint density at radius 1 is 1.62 bits per heavy atom. The molecule has 0 unspecified atom stereocenters. The third-order valence-electron chi connectivity index (χ3n) is 3.82. The van der Waals surface area contributed by atoms with Gasteiger partial charge in [0.15, 0.2) is 0 Å². The Hall–Kier alpha value is -0.740. The van der Waals surface area contributed by atoms with Gasteiger partial charge in [-0.3, -0.25) is 0 Å². The zero-order chi connectivity index (χ0) is 11.3. The van der Waals surface area contributed by atoms with Crippen molar-refractivity contribution in [3.63, 3.8) is 0 Å². The third kappa shape index (κ3) is 1.29. The highest BCUT2D eigenvalue weighted by molar-refractivity contribution is 6.21. The number of methoxy groups -OCH3 is 1. The maximum Gasteiger partial charge on any atom is 0.337 e. The lowest BCUT2D eigenvalue weighted by Gasteiger charge is -2.29. The van der Waals surface area contributed by atoms with Crippen molar-refractivity contribution >= 4 is 17.6 Å². The van der Waals surface area contributed by atoms with Gasteiger partial charge in [-0.05, 0) is 6.42 Å². The molecule has 1 aliphatic carbocycles. The molecule has 0 aromatic carbocycles. The number of carbonyl (C=O) groups is 1. The van der Waals surface area contributed by atoms with Crippen LogP contribution in [0.5, 0.6) is 0 Å². The highest BCUT2D eigenvalue weighted by Crippen LogP contribution is 2.52. The SMILES string of the molecule is COC(=O)C1=CO[C@@H]2OC[C@H]3[C@@H]2[C@@H]1C[C@H]3Cl. The lowest BCUT2D eigenvalue weighted by molar-refractivity contribution is -0.141. The maximum absolute atomic E-state index is 11.6. The first-order valence-electron chi connectivity index (χ1n) is 5.42. The monoisotopic (exact) mass is 244 g/mol. The van der Waals surface area contributed by atoms with E-state index in [4.69, 9.17) is 25.8 Å². The number of ether oxygens (including phenoxy) is 3. The van der Waals surface area contributed by atoms with Gasteiger partial charge in [0.2, 0.25) is 6.29 Å². The van der Waals surface area contributed by atoms with Gasteiger partial charge in [0.05, 0.1) is 25.6 Å². The van der Waals surface area contributed by atoms with Crippen molar-refractivity contribution in [3.8, 4) is 0 Å². The van der Waals surface area contributed by atoms with Crippen LogP contribution in [0.25, 0.3) is 0 Å². The summed E-state index contributed by atoms with van der Waals surface area (Å²) < 4.78 is 15.7. The van der Waals surface area contributed by atoms with Crippen LogP contribution in [0.1, 0.15) is 6.42 Å². The van der Waals surface area contributed by atoms with E-state index in [9.17, 15) is 4.79 Å². The second kappa shape index (κ2) is 3.64. The fraction of sp³-hybridized carbons (Fsp3) is 0.727. The van der Waals surface area contributed by atoms with E-state index in [1.807, 2.05) is 0 Å². The summed E-state index contributed by atoms with van der Waals surface area (Å²) in [5, 5.41) is 0.0646. The minimum absolute atomic E-state index is 0.0646. The zero-order valence-corrected chi connectivity index (χ0v) is 9.65. The summed E-state index contributed by atoms with van der Waals surface area (Å²) in [6.45, 7) is 0.627.